The van der Waals surface area contributed by atoms with Crippen LogP contribution < -0.4 is 11.1 Å². The van der Waals surface area contributed by atoms with Gasteiger partial charge in [0.15, 0.2) is 5.82 Å². The van der Waals surface area contributed by atoms with Crippen LogP contribution in [-0.2, 0) is 9.53 Å². The molecule has 1 unspecified atom stereocenters. The van der Waals surface area contributed by atoms with Gasteiger partial charge in [-0.2, -0.15) is 5.10 Å². The highest BCUT2D eigenvalue weighted by atomic mass is 16.5. The molecule has 0 bridgehead atoms. The van der Waals surface area contributed by atoms with Crippen molar-refractivity contribution in [1.29, 1.82) is 0 Å². The van der Waals surface area contributed by atoms with Crippen molar-refractivity contribution in [2.24, 2.45) is 5.73 Å². The number of anilines is 1. The normalized spacial score (nSPS) is 12.2. The first-order valence-electron chi connectivity index (χ1n) is 6.17. The molecule has 0 saturated carbocycles. The van der Waals surface area contributed by atoms with E-state index < -0.39 is 6.10 Å². The van der Waals surface area contributed by atoms with Gasteiger partial charge >= 0.3 is 0 Å². The van der Waals surface area contributed by atoms with Crippen molar-refractivity contribution in [3.63, 3.8) is 0 Å². The zero-order valence-electron chi connectivity index (χ0n) is 11.4. The number of carbonyl (C=O) groups excluding carboxylic acids is 1. The number of nitrogens with zero attached hydrogens (tertiary/aromatic N) is 2. The van der Waals surface area contributed by atoms with Gasteiger partial charge in [-0.3, -0.25) is 9.89 Å². The van der Waals surface area contributed by atoms with E-state index in [0.29, 0.717) is 11.5 Å². The van der Waals surface area contributed by atoms with Gasteiger partial charge in [-0.25, -0.2) is 4.98 Å². The minimum atomic E-state index is -0.663. The molecule has 1 aromatic carbocycles. The number of benzene rings is 1. The van der Waals surface area contributed by atoms with Crippen LogP contribution in [0.15, 0.2) is 24.3 Å². The maximum Gasteiger partial charge on any atom is 0.254 e. The Morgan fingerprint density at radius 1 is 1.55 bits per heavy atom. The second-order valence-electron chi connectivity index (χ2n) is 4.27. The summed E-state index contributed by atoms with van der Waals surface area (Å²) in [4.78, 5) is 16.1. The van der Waals surface area contributed by atoms with Gasteiger partial charge < -0.3 is 15.8 Å². The van der Waals surface area contributed by atoms with Crippen molar-refractivity contribution in [2.45, 2.75) is 13.0 Å². The van der Waals surface area contributed by atoms with Gasteiger partial charge in [0, 0.05) is 24.9 Å². The Morgan fingerprint density at radius 2 is 2.35 bits per heavy atom. The molecule has 1 amide bonds. The van der Waals surface area contributed by atoms with Crippen molar-refractivity contribution in [3.8, 4) is 11.4 Å². The standard InChI is InChI=1S/C13H17N5O2/c1-8-15-12(18-17-8)9-4-3-5-10(6-9)16-13(19)11(7-14)20-2/h3-6,11H,7,14H2,1-2H3,(H,16,19)(H,15,17,18). The van der Waals surface area contributed by atoms with E-state index in [1.54, 1.807) is 12.1 Å². The fourth-order valence-electron chi connectivity index (χ4n) is 1.74. The largest absolute Gasteiger partial charge is 0.370 e. The molecule has 0 aliphatic rings. The molecule has 1 aromatic heterocycles. The van der Waals surface area contributed by atoms with Crippen LogP contribution in [0.5, 0.6) is 0 Å². The van der Waals surface area contributed by atoms with Gasteiger partial charge in [-0.05, 0) is 19.1 Å². The Hall–Kier alpha value is -2.25. The lowest BCUT2D eigenvalue weighted by molar-refractivity contribution is -0.125. The van der Waals surface area contributed by atoms with Crippen LogP contribution in [0, 0.1) is 6.92 Å². The number of carbonyl (C=O) groups is 1. The molecule has 0 radical (unpaired) electrons. The summed E-state index contributed by atoms with van der Waals surface area (Å²) in [6, 6.07) is 7.27. The molecule has 106 valence electrons. The molecule has 1 atom stereocenters. The van der Waals surface area contributed by atoms with Crippen LogP contribution in [0.2, 0.25) is 0 Å². The van der Waals surface area contributed by atoms with Crippen LogP contribution in [0.25, 0.3) is 11.4 Å². The third-order valence-corrected chi connectivity index (χ3v) is 2.78. The number of ether oxygens (including phenoxy) is 1. The number of nitrogens with two attached hydrogens (primary N) is 1. The number of H-pyrrole nitrogens is 1. The third kappa shape index (κ3) is 3.19. The minimum Gasteiger partial charge on any atom is -0.370 e. The van der Waals surface area contributed by atoms with Crippen LogP contribution in [-0.4, -0.2) is 40.8 Å². The first-order chi connectivity index (χ1) is 9.63. The maximum atomic E-state index is 11.9. The number of aryl methyl sites for hydroxylation is 1. The van der Waals surface area contributed by atoms with E-state index >= 15 is 0 Å². The predicted octanol–water partition coefficient (Wildman–Crippen LogP) is 0.692. The zero-order chi connectivity index (χ0) is 14.5. The quantitative estimate of drug-likeness (QED) is 0.744. The summed E-state index contributed by atoms with van der Waals surface area (Å²) >= 11 is 0. The third-order valence-electron chi connectivity index (χ3n) is 2.78. The van der Waals surface area contributed by atoms with E-state index in [1.807, 2.05) is 19.1 Å². The molecular weight excluding hydrogens is 258 g/mol. The van der Waals surface area contributed by atoms with Gasteiger partial charge in [-0.15, -0.1) is 0 Å². The summed E-state index contributed by atoms with van der Waals surface area (Å²) in [5.41, 5.74) is 6.91. The van der Waals surface area contributed by atoms with E-state index in [2.05, 4.69) is 20.5 Å². The van der Waals surface area contributed by atoms with Crippen molar-refractivity contribution in [1.82, 2.24) is 15.2 Å². The number of nitrogens with one attached hydrogen (secondary N) is 2. The van der Waals surface area contributed by atoms with E-state index in [-0.39, 0.29) is 12.5 Å². The molecule has 20 heavy (non-hydrogen) atoms. The van der Waals surface area contributed by atoms with Crippen molar-refractivity contribution in [2.75, 3.05) is 19.0 Å². The number of aromatic nitrogens is 3. The lowest BCUT2D eigenvalue weighted by Gasteiger charge is -2.13. The zero-order valence-corrected chi connectivity index (χ0v) is 11.4. The SMILES string of the molecule is COC(CN)C(=O)Nc1cccc(-c2n[nH]c(C)n2)c1. The average Bonchev–Trinajstić information content (AvgIpc) is 2.87. The molecule has 0 spiro atoms. The number of rotatable bonds is 5. The molecule has 0 aliphatic carbocycles. The number of methoxy groups -OCH3 is 1. The molecule has 2 aromatic rings. The highest BCUT2D eigenvalue weighted by Gasteiger charge is 2.16. The second kappa shape index (κ2) is 6.27. The molecule has 0 aliphatic heterocycles. The van der Waals surface area contributed by atoms with Crippen molar-refractivity contribution < 1.29 is 9.53 Å². The number of amides is 1. The van der Waals surface area contributed by atoms with Gasteiger partial charge in [-0.1, -0.05) is 12.1 Å². The van der Waals surface area contributed by atoms with E-state index in [9.17, 15) is 4.79 Å². The Balaban J connectivity index is 2.16. The molecule has 7 nitrogen and oxygen atoms in total. The monoisotopic (exact) mass is 275 g/mol. The summed E-state index contributed by atoms with van der Waals surface area (Å²) in [7, 11) is 1.45. The maximum absolute atomic E-state index is 11.9. The van der Waals surface area contributed by atoms with E-state index in [1.165, 1.54) is 7.11 Å². The number of aromatic amines is 1. The first-order valence-corrected chi connectivity index (χ1v) is 6.17. The summed E-state index contributed by atoms with van der Waals surface area (Å²) in [5.74, 6) is 1.04. The fourth-order valence-corrected chi connectivity index (χ4v) is 1.74. The van der Waals surface area contributed by atoms with Gasteiger partial charge in [0.05, 0.1) is 0 Å². The molecule has 0 saturated heterocycles. The van der Waals surface area contributed by atoms with Crippen LogP contribution in [0.3, 0.4) is 0 Å². The van der Waals surface area contributed by atoms with Crippen molar-refractivity contribution >= 4 is 11.6 Å². The summed E-state index contributed by atoms with van der Waals surface area (Å²) < 4.78 is 4.98. The Bertz CT molecular complexity index is 592. The summed E-state index contributed by atoms with van der Waals surface area (Å²) in [5, 5.41) is 9.61. The van der Waals surface area contributed by atoms with Gasteiger partial charge in [0.2, 0.25) is 0 Å². The van der Waals surface area contributed by atoms with E-state index in [0.717, 1.165) is 11.4 Å². The lowest BCUT2D eigenvalue weighted by Crippen LogP contribution is -2.35. The molecule has 2 rings (SSSR count). The highest BCUT2D eigenvalue weighted by molar-refractivity contribution is 5.94. The molecule has 1 heterocycles. The second-order valence-corrected chi connectivity index (χ2v) is 4.27. The minimum absolute atomic E-state index is 0.127. The summed E-state index contributed by atoms with van der Waals surface area (Å²) in [6.07, 6.45) is -0.663. The smallest absolute Gasteiger partial charge is 0.254 e. The van der Waals surface area contributed by atoms with Gasteiger partial charge in [0.1, 0.15) is 11.9 Å². The lowest BCUT2D eigenvalue weighted by atomic mass is 10.2. The van der Waals surface area contributed by atoms with E-state index in [4.69, 9.17) is 10.5 Å². The first kappa shape index (κ1) is 14.2. The Morgan fingerprint density at radius 3 is 2.95 bits per heavy atom. The molecule has 0 fully saturated rings. The highest BCUT2D eigenvalue weighted by Crippen LogP contribution is 2.19. The van der Waals surface area contributed by atoms with Crippen LogP contribution in [0.4, 0.5) is 5.69 Å². The number of hydrogen-bond acceptors (Lipinski definition) is 5. The molecule has 4 N–H and O–H groups in total. The van der Waals surface area contributed by atoms with Crippen LogP contribution >= 0.6 is 0 Å². The Kier molecular flexibility index (Phi) is 4.44. The average molecular weight is 275 g/mol. The van der Waals surface area contributed by atoms with Crippen molar-refractivity contribution in [3.05, 3.63) is 30.1 Å². The summed E-state index contributed by atoms with van der Waals surface area (Å²) in [6.45, 7) is 1.95. The van der Waals surface area contributed by atoms with Crippen LogP contribution in [0.1, 0.15) is 5.82 Å². The predicted molar refractivity (Wildman–Crippen MR) is 75.0 cm³/mol. The topological polar surface area (TPSA) is 106 Å². The molecule has 7 heteroatoms. The number of hydrogen-bond donors (Lipinski definition) is 3. The fraction of sp³-hybridized carbons (Fsp3) is 0.308. The molecular formula is C13H17N5O2. The van der Waals surface area contributed by atoms with Gasteiger partial charge in [0.25, 0.3) is 5.91 Å². The Labute approximate surface area is 116 Å².